The molecule has 1 unspecified atom stereocenters. The van der Waals surface area contributed by atoms with Crippen LogP contribution in [0.4, 0.5) is 0 Å². The molecule has 1 aromatic heterocycles. The van der Waals surface area contributed by atoms with Crippen LogP contribution in [0.1, 0.15) is 31.2 Å². The van der Waals surface area contributed by atoms with Gasteiger partial charge in [0.1, 0.15) is 5.82 Å². The molecule has 0 spiro atoms. The summed E-state index contributed by atoms with van der Waals surface area (Å²) in [5, 5.41) is 0. The number of aromatic nitrogens is 2. The van der Waals surface area contributed by atoms with E-state index in [2.05, 4.69) is 48.5 Å². The van der Waals surface area contributed by atoms with Gasteiger partial charge in [0.15, 0.2) is 0 Å². The van der Waals surface area contributed by atoms with E-state index in [0.717, 1.165) is 17.9 Å². The maximum Gasteiger partial charge on any atom is 0.106 e. The summed E-state index contributed by atoms with van der Waals surface area (Å²) in [5.41, 5.74) is 9.25. The standard InChI is InChI=1S/C13H19N3/c1-4-16-10(3)15-12-7-11(9(2)8-14)5-6-13(12)16/h5-7,9H,4,8,14H2,1-3H3. The number of nitrogens with two attached hydrogens (primary N) is 1. The lowest BCUT2D eigenvalue weighted by molar-refractivity contribution is 0.753. The predicted octanol–water partition coefficient (Wildman–Crippen LogP) is 2.43. The van der Waals surface area contributed by atoms with Gasteiger partial charge >= 0.3 is 0 Å². The molecule has 0 aliphatic heterocycles. The Kier molecular flexibility index (Phi) is 2.97. The van der Waals surface area contributed by atoms with Crippen molar-refractivity contribution in [1.82, 2.24) is 9.55 Å². The summed E-state index contributed by atoms with van der Waals surface area (Å²) in [7, 11) is 0. The minimum atomic E-state index is 0.400. The second kappa shape index (κ2) is 4.26. The van der Waals surface area contributed by atoms with E-state index in [9.17, 15) is 0 Å². The molecule has 0 saturated carbocycles. The molecule has 3 nitrogen and oxygen atoms in total. The first kappa shape index (κ1) is 11.1. The normalized spacial score (nSPS) is 13.2. The highest BCUT2D eigenvalue weighted by atomic mass is 15.1. The van der Waals surface area contributed by atoms with Crippen LogP contribution in [0.15, 0.2) is 18.2 Å². The Balaban J connectivity index is 2.55. The van der Waals surface area contributed by atoms with Crippen LogP contribution in [-0.2, 0) is 6.54 Å². The monoisotopic (exact) mass is 217 g/mol. The number of nitrogens with zero attached hydrogens (tertiary/aromatic N) is 2. The van der Waals surface area contributed by atoms with Gasteiger partial charge in [0.2, 0.25) is 0 Å². The lowest BCUT2D eigenvalue weighted by Crippen LogP contribution is -2.08. The van der Waals surface area contributed by atoms with Gasteiger partial charge in [-0.2, -0.15) is 0 Å². The minimum absolute atomic E-state index is 0.400. The molecule has 2 aromatic rings. The topological polar surface area (TPSA) is 43.8 Å². The Bertz CT molecular complexity index is 499. The van der Waals surface area contributed by atoms with Crippen molar-refractivity contribution >= 4 is 11.0 Å². The number of fused-ring (bicyclic) bond motifs is 1. The van der Waals surface area contributed by atoms with E-state index in [4.69, 9.17) is 5.73 Å². The number of rotatable bonds is 3. The number of imidazole rings is 1. The fourth-order valence-corrected chi connectivity index (χ4v) is 2.11. The van der Waals surface area contributed by atoms with Gasteiger partial charge in [0.05, 0.1) is 11.0 Å². The third kappa shape index (κ3) is 1.71. The van der Waals surface area contributed by atoms with Gasteiger partial charge in [-0.15, -0.1) is 0 Å². The van der Waals surface area contributed by atoms with Crippen molar-refractivity contribution < 1.29 is 0 Å². The van der Waals surface area contributed by atoms with Crippen molar-refractivity contribution in [2.45, 2.75) is 33.2 Å². The molecule has 0 fully saturated rings. The van der Waals surface area contributed by atoms with Gasteiger partial charge < -0.3 is 10.3 Å². The maximum atomic E-state index is 5.68. The fraction of sp³-hybridized carbons (Fsp3) is 0.462. The van der Waals surface area contributed by atoms with Crippen molar-refractivity contribution in [1.29, 1.82) is 0 Å². The summed E-state index contributed by atoms with van der Waals surface area (Å²) in [6, 6.07) is 6.47. The SMILES string of the molecule is CCn1c(C)nc2cc(C(C)CN)ccc21. The Morgan fingerprint density at radius 2 is 2.19 bits per heavy atom. The van der Waals surface area contributed by atoms with Crippen molar-refractivity contribution in [2.24, 2.45) is 5.73 Å². The van der Waals surface area contributed by atoms with Crippen molar-refractivity contribution in [2.75, 3.05) is 6.54 Å². The molecule has 2 rings (SSSR count). The van der Waals surface area contributed by atoms with Crippen LogP contribution < -0.4 is 5.73 Å². The van der Waals surface area contributed by atoms with Crippen molar-refractivity contribution in [3.05, 3.63) is 29.6 Å². The van der Waals surface area contributed by atoms with Gasteiger partial charge in [-0.05, 0) is 44.0 Å². The summed E-state index contributed by atoms with van der Waals surface area (Å²) in [6.07, 6.45) is 0. The van der Waals surface area contributed by atoms with Gasteiger partial charge in [-0.3, -0.25) is 0 Å². The van der Waals surface area contributed by atoms with Crippen LogP contribution in [0.25, 0.3) is 11.0 Å². The molecular formula is C13H19N3. The average molecular weight is 217 g/mol. The van der Waals surface area contributed by atoms with Gasteiger partial charge in [0.25, 0.3) is 0 Å². The van der Waals surface area contributed by atoms with E-state index in [-0.39, 0.29) is 0 Å². The summed E-state index contributed by atoms with van der Waals surface area (Å²) in [4.78, 5) is 4.58. The first-order chi connectivity index (χ1) is 7.67. The lowest BCUT2D eigenvalue weighted by Gasteiger charge is -2.08. The molecule has 3 heteroatoms. The summed E-state index contributed by atoms with van der Waals surface area (Å²) < 4.78 is 2.23. The number of hydrogen-bond donors (Lipinski definition) is 1. The summed E-state index contributed by atoms with van der Waals surface area (Å²) in [6.45, 7) is 7.98. The molecule has 0 bridgehead atoms. The highest BCUT2D eigenvalue weighted by molar-refractivity contribution is 5.77. The minimum Gasteiger partial charge on any atom is -0.330 e. The Hall–Kier alpha value is -1.35. The molecule has 16 heavy (non-hydrogen) atoms. The van der Waals surface area contributed by atoms with E-state index in [0.29, 0.717) is 12.5 Å². The largest absolute Gasteiger partial charge is 0.330 e. The van der Waals surface area contributed by atoms with Crippen LogP contribution in [0.5, 0.6) is 0 Å². The molecule has 0 aliphatic rings. The average Bonchev–Trinajstić information content (AvgIpc) is 2.62. The summed E-state index contributed by atoms with van der Waals surface area (Å²) >= 11 is 0. The first-order valence-corrected chi connectivity index (χ1v) is 5.84. The van der Waals surface area contributed by atoms with E-state index in [1.807, 2.05) is 0 Å². The van der Waals surface area contributed by atoms with Gasteiger partial charge in [0, 0.05) is 6.54 Å². The molecule has 1 heterocycles. The highest BCUT2D eigenvalue weighted by Crippen LogP contribution is 2.21. The second-order valence-electron chi connectivity index (χ2n) is 4.29. The third-order valence-electron chi connectivity index (χ3n) is 3.20. The zero-order valence-electron chi connectivity index (χ0n) is 10.2. The number of hydrogen-bond acceptors (Lipinski definition) is 2. The molecule has 86 valence electrons. The maximum absolute atomic E-state index is 5.68. The Morgan fingerprint density at radius 1 is 1.44 bits per heavy atom. The molecule has 0 aliphatic carbocycles. The highest BCUT2D eigenvalue weighted by Gasteiger charge is 2.09. The molecule has 0 saturated heterocycles. The zero-order valence-corrected chi connectivity index (χ0v) is 10.2. The fourth-order valence-electron chi connectivity index (χ4n) is 2.11. The van der Waals surface area contributed by atoms with E-state index in [1.54, 1.807) is 0 Å². The van der Waals surface area contributed by atoms with Crippen molar-refractivity contribution in [3.8, 4) is 0 Å². The molecule has 1 atom stereocenters. The quantitative estimate of drug-likeness (QED) is 0.858. The van der Waals surface area contributed by atoms with Crippen molar-refractivity contribution in [3.63, 3.8) is 0 Å². The molecular weight excluding hydrogens is 198 g/mol. The van der Waals surface area contributed by atoms with E-state index >= 15 is 0 Å². The smallest absolute Gasteiger partial charge is 0.106 e. The Morgan fingerprint density at radius 3 is 2.81 bits per heavy atom. The van der Waals surface area contributed by atoms with Crippen LogP contribution in [0, 0.1) is 6.92 Å². The molecule has 0 amide bonds. The van der Waals surface area contributed by atoms with E-state index < -0.39 is 0 Å². The van der Waals surface area contributed by atoms with Crippen LogP contribution in [0.2, 0.25) is 0 Å². The Labute approximate surface area is 96.3 Å². The molecule has 2 N–H and O–H groups in total. The number of benzene rings is 1. The third-order valence-corrected chi connectivity index (χ3v) is 3.20. The van der Waals surface area contributed by atoms with Crippen LogP contribution in [0.3, 0.4) is 0 Å². The summed E-state index contributed by atoms with van der Waals surface area (Å²) in [5.74, 6) is 1.48. The van der Waals surface area contributed by atoms with Crippen LogP contribution >= 0.6 is 0 Å². The molecule has 1 aromatic carbocycles. The van der Waals surface area contributed by atoms with Gasteiger partial charge in [-0.1, -0.05) is 13.0 Å². The van der Waals surface area contributed by atoms with E-state index in [1.165, 1.54) is 11.1 Å². The second-order valence-corrected chi connectivity index (χ2v) is 4.29. The number of aryl methyl sites for hydroxylation is 2. The lowest BCUT2D eigenvalue weighted by atomic mass is 10.0. The zero-order chi connectivity index (χ0) is 11.7. The predicted molar refractivity (Wildman–Crippen MR) is 67.6 cm³/mol. The van der Waals surface area contributed by atoms with Crippen LogP contribution in [-0.4, -0.2) is 16.1 Å². The molecule has 0 radical (unpaired) electrons. The van der Waals surface area contributed by atoms with Gasteiger partial charge in [-0.25, -0.2) is 4.98 Å². The first-order valence-electron chi connectivity index (χ1n) is 5.84.